The third kappa shape index (κ3) is 3.14. The molecule has 7 aliphatic carbocycles. The highest BCUT2D eigenvalue weighted by Gasteiger charge is 2.61. The predicted octanol–water partition coefficient (Wildman–Crippen LogP) is 6.07. The summed E-state index contributed by atoms with van der Waals surface area (Å²) in [5, 5.41) is 16.8. The van der Waals surface area contributed by atoms with Crippen molar-refractivity contribution >= 4 is 11.6 Å². The highest BCUT2D eigenvalue weighted by Crippen LogP contribution is 2.65. The van der Waals surface area contributed by atoms with Crippen LogP contribution in [-0.2, 0) is 16.6 Å². The van der Waals surface area contributed by atoms with Gasteiger partial charge in [0, 0.05) is 5.41 Å². The SMILES string of the molecule is CC1(c2nc(-c3c(CC45CCC(C#N)(CC4)CC5)ccc(NC(=O)C45CC(C4)C5)c3F)no2)CC1. The lowest BCUT2D eigenvalue weighted by Gasteiger charge is -2.60. The molecule has 182 valence electrons. The molecule has 0 radical (unpaired) electrons. The molecule has 6 nitrogen and oxygen atoms in total. The number of hydrogen-bond donors (Lipinski definition) is 1. The van der Waals surface area contributed by atoms with Gasteiger partial charge < -0.3 is 9.84 Å². The Morgan fingerprint density at radius 1 is 1.14 bits per heavy atom. The molecular formula is C28H31FN4O2. The third-order valence-corrected chi connectivity index (χ3v) is 10.4. The molecule has 1 heterocycles. The summed E-state index contributed by atoms with van der Waals surface area (Å²) < 4.78 is 21.7. The van der Waals surface area contributed by atoms with E-state index in [4.69, 9.17) is 4.52 Å². The molecule has 7 aliphatic rings. The van der Waals surface area contributed by atoms with Crippen LogP contribution in [0.25, 0.3) is 11.4 Å². The number of carbonyl (C=O) groups is 1. The molecular weight excluding hydrogens is 443 g/mol. The maximum atomic E-state index is 16.2. The summed E-state index contributed by atoms with van der Waals surface area (Å²) in [7, 11) is 0. The van der Waals surface area contributed by atoms with Gasteiger partial charge >= 0.3 is 0 Å². The molecule has 1 N–H and O–H groups in total. The van der Waals surface area contributed by atoms with Crippen molar-refractivity contribution in [3.05, 3.63) is 29.4 Å². The number of fused-ring (bicyclic) bond motifs is 3. The van der Waals surface area contributed by atoms with E-state index in [1.54, 1.807) is 6.07 Å². The van der Waals surface area contributed by atoms with Gasteiger partial charge in [-0.15, -0.1) is 0 Å². The Hall–Kier alpha value is -2.75. The molecule has 35 heavy (non-hydrogen) atoms. The second kappa shape index (κ2) is 6.93. The molecule has 9 rings (SSSR count). The molecule has 0 saturated heterocycles. The van der Waals surface area contributed by atoms with Crippen molar-refractivity contribution in [2.75, 3.05) is 5.32 Å². The number of rotatable bonds is 6. The predicted molar refractivity (Wildman–Crippen MR) is 127 cm³/mol. The summed E-state index contributed by atoms with van der Waals surface area (Å²) in [4.78, 5) is 17.5. The van der Waals surface area contributed by atoms with Gasteiger partial charge in [0.05, 0.1) is 28.2 Å². The lowest BCUT2D eigenvalue weighted by Crippen LogP contribution is -2.58. The molecule has 0 aliphatic heterocycles. The Balaban J connectivity index is 1.24. The smallest absolute Gasteiger partial charge is 0.232 e. The van der Waals surface area contributed by atoms with Crippen LogP contribution >= 0.6 is 0 Å². The van der Waals surface area contributed by atoms with Crippen LogP contribution in [0.15, 0.2) is 16.7 Å². The van der Waals surface area contributed by atoms with Crippen LogP contribution in [0, 0.1) is 39.3 Å². The highest BCUT2D eigenvalue weighted by atomic mass is 19.1. The zero-order valence-electron chi connectivity index (χ0n) is 20.3. The summed E-state index contributed by atoms with van der Waals surface area (Å²) in [6.07, 6.45) is 11.2. The average molecular weight is 475 g/mol. The number of hydrogen-bond acceptors (Lipinski definition) is 5. The van der Waals surface area contributed by atoms with E-state index in [-0.39, 0.29) is 39.1 Å². The molecule has 0 atom stereocenters. The largest absolute Gasteiger partial charge is 0.338 e. The first-order chi connectivity index (χ1) is 16.8. The van der Waals surface area contributed by atoms with Gasteiger partial charge in [-0.05, 0) is 100 Å². The molecule has 1 aromatic heterocycles. The third-order valence-electron chi connectivity index (χ3n) is 10.4. The van der Waals surface area contributed by atoms with Crippen LogP contribution in [0.1, 0.15) is 89.0 Å². The molecule has 4 bridgehead atoms. The zero-order chi connectivity index (χ0) is 24.1. The van der Waals surface area contributed by atoms with Crippen LogP contribution in [-0.4, -0.2) is 16.0 Å². The minimum absolute atomic E-state index is 0.0668. The minimum Gasteiger partial charge on any atom is -0.338 e. The second-order valence-electron chi connectivity index (χ2n) is 12.7. The molecule has 2 aromatic rings. The number of anilines is 1. The van der Waals surface area contributed by atoms with E-state index in [9.17, 15) is 10.1 Å². The van der Waals surface area contributed by atoms with Gasteiger partial charge in [0.1, 0.15) is 0 Å². The van der Waals surface area contributed by atoms with Gasteiger partial charge in [-0.2, -0.15) is 10.2 Å². The Morgan fingerprint density at radius 2 is 1.83 bits per heavy atom. The quantitative estimate of drug-likeness (QED) is 0.548. The van der Waals surface area contributed by atoms with Gasteiger partial charge in [0.2, 0.25) is 17.6 Å². The van der Waals surface area contributed by atoms with Crippen LogP contribution in [0.5, 0.6) is 0 Å². The molecule has 7 saturated carbocycles. The summed E-state index contributed by atoms with van der Waals surface area (Å²) in [5.74, 6) is 0.980. The Labute approximate surface area is 204 Å². The first-order valence-corrected chi connectivity index (χ1v) is 13.2. The minimum atomic E-state index is -0.467. The normalized spacial score (nSPS) is 35.5. The van der Waals surface area contributed by atoms with Gasteiger partial charge in [0.15, 0.2) is 5.82 Å². The van der Waals surface area contributed by atoms with Gasteiger partial charge in [0.25, 0.3) is 0 Å². The Morgan fingerprint density at radius 3 is 2.40 bits per heavy atom. The first kappa shape index (κ1) is 21.5. The van der Waals surface area contributed by atoms with E-state index in [0.29, 0.717) is 17.4 Å². The fourth-order valence-corrected chi connectivity index (χ4v) is 7.18. The fourth-order valence-electron chi connectivity index (χ4n) is 7.18. The second-order valence-corrected chi connectivity index (χ2v) is 12.7. The van der Waals surface area contributed by atoms with Gasteiger partial charge in [-0.25, -0.2) is 4.39 Å². The van der Waals surface area contributed by atoms with E-state index in [1.165, 1.54) is 0 Å². The van der Waals surface area contributed by atoms with Crippen LogP contribution in [0.3, 0.4) is 0 Å². The molecule has 1 aromatic carbocycles. The number of carbonyl (C=O) groups excluding carboxylic acids is 1. The van der Waals surface area contributed by atoms with E-state index in [2.05, 4.69) is 28.5 Å². The molecule has 7 heteroatoms. The first-order valence-electron chi connectivity index (χ1n) is 13.2. The standard InChI is InChI=1S/C28H31FN4O2/c1-25(4-5-25)24-32-22(33-35-24)20-18(15-26-6-9-27(16-30,10-7-26)11-8-26)2-3-19(21(20)29)31-23(34)28-12-17(13-28)14-28/h2-3,17H,4-15H2,1H3,(H,31,34). The maximum absolute atomic E-state index is 16.2. The summed E-state index contributed by atoms with van der Waals surface area (Å²) in [6.45, 7) is 2.09. The van der Waals surface area contributed by atoms with Crippen molar-refractivity contribution in [1.29, 1.82) is 5.26 Å². The Bertz CT molecular complexity index is 1240. The summed E-state index contributed by atoms with van der Waals surface area (Å²) in [5.41, 5.74) is 0.952. The topological polar surface area (TPSA) is 91.8 Å². The van der Waals surface area contributed by atoms with Crippen LogP contribution in [0.2, 0.25) is 0 Å². The summed E-state index contributed by atoms with van der Waals surface area (Å²) >= 11 is 0. The van der Waals surface area contributed by atoms with Crippen molar-refractivity contribution in [2.24, 2.45) is 22.2 Å². The van der Waals surface area contributed by atoms with E-state index < -0.39 is 5.82 Å². The van der Waals surface area contributed by atoms with Gasteiger partial charge in [-0.1, -0.05) is 18.1 Å². The summed E-state index contributed by atoms with van der Waals surface area (Å²) in [6, 6.07) is 6.23. The maximum Gasteiger partial charge on any atom is 0.232 e. The number of nitrogens with one attached hydrogen (secondary N) is 1. The van der Waals surface area contributed by atoms with Crippen molar-refractivity contribution in [3.8, 4) is 17.5 Å². The molecule has 1 amide bonds. The molecule has 7 fully saturated rings. The number of benzene rings is 1. The van der Waals surface area contributed by atoms with Crippen molar-refractivity contribution < 1.29 is 13.7 Å². The lowest BCUT2D eigenvalue weighted by atomic mass is 9.44. The molecule has 0 spiro atoms. The number of nitrogens with zero attached hydrogens (tertiary/aromatic N) is 3. The number of aromatic nitrogens is 2. The monoisotopic (exact) mass is 474 g/mol. The highest BCUT2D eigenvalue weighted by molar-refractivity contribution is 5.98. The van der Waals surface area contributed by atoms with Crippen molar-refractivity contribution in [1.82, 2.24) is 10.1 Å². The van der Waals surface area contributed by atoms with Gasteiger partial charge in [-0.3, -0.25) is 4.79 Å². The van der Waals surface area contributed by atoms with Crippen LogP contribution < -0.4 is 5.32 Å². The molecule has 0 unspecified atom stereocenters. The zero-order valence-corrected chi connectivity index (χ0v) is 20.3. The Kier molecular flexibility index (Phi) is 4.26. The lowest BCUT2D eigenvalue weighted by molar-refractivity contribution is -0.158. The van der Waals surface area contributed by atoms with E-state index in [0.717, 1.165) is 82.6 Å². The number of amides is 1. The van der Waals surface area contributed by atoms with E-state index >= 15 is 4.39 Å². The van der Waals surface area contributed by atoms with E-state index in [1.807, 2.05) is 6.07 Å². The van der Waals surface area contributed by atoms with Crippen molar-refractivity contribution in [2.45, 2.75) is 89.4 Å². The van der Waals surface area contributed by atoms with Crippen LogP contribution in [0.4, 0.5) is 10.1 Å². The number of nitriles is 1. The number of halogens is 1. The average Bonchev–Trinajstić information content (AvgIpc) is 3.35. The van der Waals surface area contributed by atoms with Crippen molar-refractivity contribution in [3.63, 3.8) is 0 Å². The fraction of sp³-hybridized carbons (Fsp3) is 0.643.